The zero-order chi connectivity index (χ0) is 16.3. The van der Waals surface area contributed by atoms with Crippen molar-refractivity contribution in [3.8, 4) is 5.75 Å². The summed E-state index contributed by atoms with van der Waals surface area (Å²) in [5, 5.41) is 3.50. The highest BCUT2D eigenvalue weighted by atomic mass is 32.2. The van der Waals surface area contributed by atoms with E-state index in [1.54, 1.807) is 0 Å². The molecule has 0 spiro atoms. The molecule has 2 aromatic rings. The van der Waals surface area contributed by atoms with Gasteiger partial charge in [-0.2, -0.15) is 0 Å². The minimum Gasteiger partial charge on any atom is -0.494 e. The zero-order valence-corrected chi connectivity index (χ0v) is 14.5. The van der Waals surface area contributed by atoms with Gasteiger partial charge in [0.25, 0.3) is 0 Å². The molecule has 0 bridgehead atoms. The Morgan fingerprint density at radius 1 is 1.45 bits per heavy atom. The van der Waals surface area contributed by atoms with E-state index in [4.69, 9.17) is 4.74 Å². The molecule has 0 fully saturated rings. The van der Waals surface area contributed by atoms with Gasteiger partial charge in [-0.25, -0.2) is 4.98 Å². The van der Waals surface area contributed by atoms with Gasteiger partial charge in [-0.15, -0.1) is 0 Å². The summed E-state index contributed by atoms with van der Waals surface area (Å²) in [5.74, 6) is 0.821. The standard InChI is InChI=1S/C16H23N3O2S/c1-6-21-11-7-8-12-13(9-11)18-15(17-12)22-10(2)14(20)19-16(3,4)5/h7-10H,6H2,1-5H3,(H,17,18)(H,19,20). The van der Waals surface area contributed by atoms with Gasteiger partial charge in [0, 0.05) is 11.6 Å². The van der Waals surface area contributed by atoms with Crippen molar-refractivity contribution in [3.63, 3.8) is 0 Å². The van der Waals surface area contributed by atoms with Crippen LogP contribution in [0.5, 0.6) is 5.75 Å². The summed E-state index contributed by atoms with van der Waals surface area (Å²) >= 11 is 1.42. The number of carbonyl (C=O) groups is 1. The molecule has 0 aliphatic heterocycles. The lowest BCUT2D eigenvalue weighted by atomic mass is 10.1. The number of hydrogen-bond donors (Lipinski definition) is 2. The van der Waals surface area contributed by atoms with Crippen LogP contribution in [-0.4, -0.2) is 33.3 Å². The molecular formula is C16H23N3O2S. The Labute approximate surface area is 135 Å². The predicted molar refractivity (Wildman–Crippen MR) is 90.5 cm³/mol. The second-order valence-corrected chi connectivity index (χ2v) is 7.48. The lowest BCUT2D eigenvalue weighted by Crippen LogP contribution is -2.44. The first kappa shape index (κ1) is 16.7. The highest BCUT2D eigenvalue weighted by molar-refractivity contribution is 8.00. The lowest BCUT2D eigenvalue weighted by molar-refractivity contribution is -0.121. The topological polar surface area (TPSA) is 67.0 Å². The number of H-pyrrole nitrogens is 1. The lowest BCUT2D eigenvalue weighted by Gasteiger charge is -2.22. The Hall–Kier alpha value is -1.69. The van der Waals surface area contributed by atoms with Crippen molar-refractivity contribution >= 4 is 28.7 Å². The van der Waals surface area contributed by atoms with E-state index in [2.05, 4.69) is 15.3 Å². The maximum absolute atomic E-state index is 12.1. The maximum Gasteiger partial charge on any atom is 0.233 e. The molecule has 0 aliphatic rings. The molecule has 1 aromatic heterocycles. The number of amides is 1. The normalized spacial score (nSPS) is 13.1. The van der Waals surface area contributed by atoms with Crippen LogP contribution in [0, 0.1) is 0 Å². The van der Waals surface area contributed by atoms with Gasteiger partial charge in [0.1, 0.15) is 5.75 Å². The number of imidazole rings is 1. The van der Waals surface area contributed by atoms with Crippen molar-refractivity contribution in [1.29, 1.82) is 0 Å². The molecule has 2 N–H and O–H groups in total. The highest BCUT2D eigenvalue weighted by Crippen LogP contribution is 2.26. The summed E-state index contributed by atoms with van der Waals surface area (Å²) in [5.41, 5.74) is 1.55. The molecule has 1 atom stereocenters. The third kappa shape index (κ3) is 4.40. The Kier molecular flexibility index (Phi) is 5.01. The van der Waals surface area contributed by atoms with Crippen LogP contribution in [0.25, 0.3) is 11.0 Å². The van der Waals surface area contributed by atoms with Gasteiger partial charge in [-0.3, -0.25) is 4.79 Å². The summed E-state index contributed by atoms with van der Waals surface area (Å²) in [6.45, 7) is 10.4. The van der Waals surface area contributed by atoms with E-state index in [9.17, 15) is 4.79 Å². The van der Waals surface area contributed by atoms with E-state index >= 15 is 0 Å². The van der Waals surface area contributed by atoms with Crippen molar-refractivity contribution in [2.24, 2.45) is 0 Å². The van der Waals surface area contributed by atoms with Gasteiger partial charge in [0.2, 0.25) is 5.91 Å². The molecule has 2 rings (SSSR count). The van der Waals surface area contributed by atoms with E-state index in [0.717, 1.165) is 21.9 Å². The number of hydrogen-bond acceptors (Lipinski definition) is 4. The number of thioether (sulfide) groups is 1. The summed E-state index contributed by atoms with van der Waals surface area (Å²) < 4.78 is 5.48. The van der Waals surface area contributed by atoms with Gasteiger partial charge >= 0.3 is 0 Å². The fraction of sp³-hybridized carbons (Fsp3) is 0.500. The number of ether oxygens (including phenoxy) is 1. The minimum atomic E-state index is -0.230. The maximum atomic E-state index is 12.1. The third-order valence-corrected chi connectivity index (χ3v) is 3.88. The number of nitrogens with one attached hydrogen (secondary N) is 2. The summed E-state index contributed by atoms with van der Waals surface area (Å²) in [6.07, 6.45) is 0. The minimum absolute atomic E-state index is 0.00737. The molecule has 0 saturated heterocycles. The average molecular weight is 321 g/mol. The smallest absolute Gasteiger partial charge is 0.233 e. The molecular weight excluding hydrogens is 298 g/mol. The van der Waals surface area contributed by atoms with Crippen LogP contribution in [0.4, 0.5) is 0 Å². The second-order valence-electron chi connectivity index (χ2n) is 6.15. The quantitative estimate of drug-likeness (QED) is 0.829. The largest absolute Gasteiger partial charge is 0.494 e. The van der Waals surface area contributed by atoms with Crippen LogP contribution in [0.1, 0.15) is 34.6 Å². The van der Waals surface area contributed by atoms with Gasteiger partial charge in [-0.1, -0.05) is 11.8 Å². The number of rotatable bonds is 5. The average Bonchev–Trinajstić information content (AvgIpc) is 2.78. The number of aromatic amines is 1. The fourth-order valence-corrected chi connectivity index (χ4v) is 2.79. The van der Waals surface area contributed by atoms with E-state index in [-0.39, 0.29) is 16.7 Å². The predicted octanol–water partition coefficient (Wildman–Crippen LogP) is 3.36. The molecule has 0 radical (unpaired) electrons. The van der Waals surface area contributed by atoms with E-state index in [0.29, 0.717) is 6.61 Å². The van der Waals surface area contributed by atoms with E-state index < -0.39 is 0 Å². The van der Waals surface area contributed by atoms with Crippen molar-refractivity contribution < 1.29 is 9.53 Å². The highest BCUT2D eigenvalue weighted by Gasteiger charge is 2.21. The van der Waals surface area contributed by atoms with Crippen LogP contribution < -0.4 is 10.1 Å². The van der Waals surface area contributed by atoms with Crippen molar-refractivity contribution in [2.75, 3.05) is 6.61 Å². The van der Waals surface area contributed by atoms with Crippen LogP contribution >= 0.6 is 11.8 Å². The molecule has 1 heterocycles. The molecule has 0 saturated carbocycles. The number of aromatic nitrogens is 2. The third-order valence-electron chi connectivity index (χ3n) is 2.90. The zero-order valence-electron chi connectivity index (χ0n) is 13.7. The number of benzene rings is 1. The first-order valence-corrected chi connectivity index (χ1v) is 8.27. The monoisotopic (exact) mass is 321 g/mol. The van der Waals surface area contributed by atoms with Crippen LogP contribution in [-0.2, 0) is 4.79 Å². The molecule has 0 aliphatic carbocycles. The first-order chi connectivity index (χ1) is 10.3. The first-order valence-electron chi connectivity index (χ1n) is 7.40. The fourth-order valence-electron chi connectivity index (χ4n) is 1.97. The molecule has 5 nitrogen and oxygen atoms in total. The number of nitrogens with zero attached hydrogens (tertiary/aromatic N) is 1. The molecule has 1 amide bonds. The van der Waals surface area contributed by atoms with Crippen LogP contribution in [0.2, 0.25) is 0 Å². The molecule has 6 heteroatoms. The molecule has 120 valence electrons. The van der Waals surface area contributed by atoms with Crippen molar-refractivity contribution in [1.82, 2.24) is 15.3 Å². The van der Waals surface area contributed by atoms with E-state index in [1.165, 1.54) is 11.8 Å². The summed E-state index contributed by atoms with van der Waals surface area (Å²) in [7, 11) is 0. The SMILES string of the molecule is CCOc1ccc2nc(SC(C)C(=O)NC(C)(C)C)[nH]c2c1. The Bertz CT molecular complexity index is 661. The molecule has 22 heavy (non-hydrogen) atoms. The Morgan fingerprint density at radius 3 is 2.82 bits per heavy atom. The van der Waals surface area contributed by atoms with Crippen molar-refractivity contribution in [2.45, 2.75) is 50.6 Å². The Balaban J connectivity index is 2.09. The Morgan fingerprint density at radius 2 is 2.18 bits per heavy atom. The van der Waals surface area contributed by atoms with Crippen LogP contribution in [0.3, 0.4) is 0 Å². The van der Waals surface area contributed by atoms with Crippen molar-refractivity contribution in [3.05, 3.63) is 18.2 Å². The summed E-state index contributed by atoms with van der Waals surface area (Å²) in [4.78, 5) is 19.9. The molecule has 1 aromatic carbocycles. The van der Waals surface area contributed by atoms with Gasteiger partial charge in [0.05, 0.1) is 22.9 Å². The van der Waals surface area contributed by atoms with Gasteiger partial charge < -0.3 is 15.0 Å². The number of fused-ring (bicyclic) bond motifs is 1. The van der Waals surface area contributed by atoms with Crippen LogP contribution in [0.15, 0.2) is 23.4 Å². The second kappa shape index (κ2) is 6.60. The van der Waals surface area contributed by atoms with E-state index in [1.807, 2.05) is 52.8 Å². The van der Waals surface area contributed by atoms with Gasteiger partial charge in [-0.05, 0) is 46.8 Å². The molecule has 1 unspecified atom stereocenters. The summed E-state index contributed by atoms with van der Waals surface area (Å²) in [6, 6.07) is 5.74. The van der Waals surface area contributed by atoms with Gasteiger partial charge in [0.15, 0.2) is 5.16 Å². The number of carbonyl (C=O) groups excluding carboxylic acids is 1.